The lowest BCUT2D eigenvalue weighted by Gasteiger charge is -2.22. The number of methoxy groups -OCH3 is 1. The molecule has 146 valence electrons. The predicted octanol–water partition coefficient (Wildman–Crippen LogP) is 4.31. The van der Waals surface area contributed by atoms with Crippen LogP contribution in [0.3, 0.4) is 0 Å². The molecule has 1 aromatic carbocycles. The van der Waals surface area contributed by atoms with Gasteiger partial charge < -0.3 is 14.4 Å². The molecule has 0 fully saturated rings. The quantitative estimate of drug-likeness (QED) is 0.437. The highest BCUT2D eigenvalue weighted by Crippen LogP contribution is 2.24. The number of thiazole rings is 1. The summed E-state index contributed by atoms with van der Waals surface area (Å²) in [6.45, 7) is 3.84. The van der Waals surface area contributed by atoms with Crippen molar-refractivity contribution >= 4 is 46.4 Å². The van der Waals surface area contributed by atoms with Gasteiger partial charge in [0.2, 0.25) is 0 Å². The Morgan fingerprint density at radius 3 is 2.70 bits per heavy atom. The average Bonchev–Trinajstić information content (AvgIpc) is 3.13. The Morgan fingerprint density at radius 1 is 1.26 bits per heavy atom. The van der Waals surface area contributed by atoms with E-state index >= 15 is 0 Å². The number of ether oxygens (including phenoxy) is 2. The number of hydrogen-bond acceptors (Lipinski definition) is 6. The smallest absolute Gasteiger partial charge is 0.357 e. The second kappa shape index (κ2) is 10.6. The van der Waals surface area contributed by atoms with E-state index in [4.69, 9.17) is 27.9 Å². The maximum absolute atomic E-state index is 12.9. The average molecular weight is 431 g/mol. The van der Waals surface area contributed by atoms with E-state index in [1.165, 1.54) is 18.4 Å². The summed E-state index contributed by atoms with van der Waals surface area (Å²) in [6.07, 6.45) is 0.677. The lowest BCUT2D eigenvalue weighted by Crippen LogP contribution is -2.32. The summed E-state index contributed by atoms with van der Waals surface area (Å²) < 4.78 is 10.0. The molecule has 9 heteroatoms. The van der Waals surface area contributed by atoms with Crippen LogP contribution < -0.4 is 0 Å². The molecule has 0 aliphatic rings. The number of benzene rings is 1. The molecule has 0 unspecified atom stereocenters. The molecule has 2 rings (SSSR count). The van der Waals surface area contributed by atoms with Crippen LogP contribution in [-0.4, -0.2) is 48.6 Å². The van der Waals surface area contributed by atoms with E-state index in [0.29, 0.717) is 46.8 Å². The van der Waals surface area contributed by atoms with Gasteiger partial charge in [0.25, 0.3) is 5.91 Å². The highest BCUT2D eigenvalue weighted by Gasteiger charge is 2.19. The van der Waals surface area contributed by atoms with Gasteiger partial charge in [-0.3, -0.25) is 4.79 Å². The Labute approximate surface area is 172 Å². The number of amides is 1. The SMILES string of the molecule is CCOCCCN(Cc1nc(C(=O)OC)cs1)C(=O)c1ccc(Cl)c(Cl)c1. The third kappa shape index (κ3) is 6.17. The van der Waals surface area contributed by atoms with Crippen molar-refractivity contribution in [1.29, 1.82) is 0 Å². The third-order valence-corrected chi connectivity index (χ3v) is 5.22. The van der Waals surface area contributed by atoms with Gasteiger partial charge in [-0.05, 0) is 31.5 Å². The van der Waals surface area contributed by atoms with E-state index in [0.717, 1.165) is 0 Å². The fourth-order valence-electron chi connectivity index (χ4n) is 2.31. The molecule has 1 heterocycles. The zero-order valence-corrected chi connectivity index (χ0v) is 17.4. The van der Waals surface area contributed by atoms with E-state index in [9.17, 15) is 9.59 Å². The maximum Gasteiger partial charge on any atom is 0.357 e. The minimum atomic E-state index is -0.504. The highest BCUT2D eigenvalue weighted by atomic mass is 35.5. The molecule has 0 aliphatic heterocycles. The summed E-state index contributed by atoms with van der Waals surface area (Å²) in [4.78, 5) is 30.4. The number of carbonyl (C=O) groups excluding carboxylic acids is 2. The van der Waals surface area contributed by atoms with Crippen LogP contribution in [0.1, 0.15) is 39.2 Å². The van der Waals surface area contributed by atoms with Gasteiger partial charge in [-0.1, -0.05) is 23.2 Å². The molecular weight excluding hydrogens is 411 g/mol. The molecule has 0 N–H and O–H groups in total. The minimum absolute atomic E-state index is 0.195. The van der Waals surface area contributed by atoms with Gasteiger partial charge in [0.15, 0.2) is 5.69 Å². The molecule has 2 aromatic rings. The molecule has 1 amide bonds. The summed E-state index contributed by atoms with van der Waals surface area (Å²) in [7, 11) is 1.30. The summed E-state index contributed by atoms with van der Waals surface area (Å²) in [5, 5.41) is 2.96. The first-order chi connectivity index (χ1) is 13.0. The zero-order chi connectivity index (χ0) is 19.8. The number of halogens is 2. The third-order valence-electron chi connectivity index (χ3n) is 3.65. The second-order valence-electron chi connectivity index (χ2n) is 5.52. The summed E-state index contributed by atoms with van der Waals surface area (Å²) in [5.41, 5.74) is 0.666. The van der Waals surface area contributed by atoms with Crippen molar-refractivity contribution in [2.45, 2.75) is 19.9 Å². The number of esters is 1. The maximum atomic E-state index is 12.9. The molecular formula is C18H20Cl2N2O4S. The van der Waals surface area contributed by atoms with Gasteiger partial charge in [0, 0.05) is 30.7 Å². The molecule has 0 spiro atoms. The number of aromatic nitrogens is 1. The highest BCUT2D eigenvalue weighted by molar-refractivity contribution is 7.09. The van der Waals surface area contributed by atoms with Crippen LogP contribution >= 0.6 is 34.5 Å². The van der Waals surface area contributed by atoms with Crippen molar-refractivity contribution in [3.05, 3.63) is 49.9 Å². The first kappa shape index (κ1) is 21.6. The van der Waals surface area contributed by atoms with Gasteiger partial charge in [-0.15, -0.1) is 11.3 Å². The van der Waals surface area contributed by atoms with E-state index in [2.05, 4.69) is 9.72 Å². The molecule has 6 nitrogen and oxygen atoms in total. The van der Waals surface area contributed by atoms with E-state index in [1.54, 1.807) is 28.5 Å². The van der Waals surface area contributed by atoms with Crippen LogP contribution in [-0.2, 0) is 16.0 Å². The van der Waals surface area contributed by atoms with Crippen molar-refractivity contribution in [2.75, 3.05) is 26.9 Å². The largest absolute Gasteiger partial charge is 0.464 e. The van der Waals surface area contributed by atoms with Crippen molar-refractivity contribution < 1.29 is 19.1 Å². The van der Waals surface area contributed by atoms with Crippen molar-refractivity contribution in [2.24, 2.45) is 0 Å². The Kier molecular flexibility index (Phi) is 8.50. The molecule has 27 heavy (non-hydrogen) atoms. The van der Waals surface area contributed by atoms with E-state index < -0.39 is 5.97 Å². The summed E-state index contributed by atoms with van der Waals surface area (Å²) in [6, 6.07) is 4.77. The lowest BCUT2D eigenvalue weighted by molar-refractivity contribution is 0.0594. The monoisotopic (exact) mass is 430 g/mol. The molecule has 0 saturated carbocycles. The first-order valence-corrected chi connectivity index (χ1v) is 9.94. The fraction of sp³-hybridized carbons (Fsp3) is 0.389. The van der Waals surface area contributed by atoms with Crippen molar-refractivity contribution in [3.63, 3.8) is 0 Å². The van der Waals surface area contributed by atoms with E-state index in [-0.39, 0.29) is 18.1 Å². The Balaban J connectivity index is 2.16. The van der Waals surface area contributed by atoms with Gasteiger partial charge in [0.1, 0.15) is 5.01 Å². The van der Waals surface area contributed by atoms with Crippen LogP contribution in [0.5, 0.6) is 0 Å². The van der Waals surface area contributed by atoms with Gasteiger partial charge in [-0.2, -0.15) is 0 Å². The minimum Gasteiger partial charge on any atom is -0.464 e. The van der Waals surface area contributed by atoms with Crippen LogP contribution in [0.25, 0.3) is 0 Å². The van der Waals surface area contributed by atoms with Crippen LogP contribution in [0.2, 0.25) is 10.0 Å². The number of rotatable bonds is 9. The van der Waals surface area contributed by atoms with Gasteiger partial charge in [0.05, 0.1) is 23.7 Å². The van der Waals surface area contributed by atoms with Crippen molar-refractivity contribution in [1.82, 2.24) is 9.88 Å². The Bertz CT molecular complexity index is 797. The fourth-order valence-corrected chi connectivity index (χ4v) is 3.39. The van der Waals surface area contributed by atoms with Crippen LogP contribution in [0.15, 0.2) is 23.6 Å². The van der Waals surface area contributed by atoms with E-state index in [1.807, 2.05) is 6.92 Å². The molecule has 1 aromatic heterocycles. The summed E-state index contributed by atoms with van der Waals surface area (Å²) in [5.74, 6) is -0.698. The van der Waals surface area contributed by atoms with Crippen molar-refractivity contribution in [3.8, 4) is 0 Å². The normalized spacial score (nSPS) is 10.7. The lowest BCUT2D eigenvalue weighted by atomic mass is 10.2. The molecule has 0 aliphatic carbocycles. The number of nitrogens with zero attached hydrogens (tertiary/aromatic N) is 2. The van der Waals surface area contributed by atoms with Gasteiger partial charge >= 0.3 is 5.97 Å². The summed E-state index contributed by atoms with van der Waals surface area (Å²) >= 11 is 13.3. The predicted molar refractivity (Wildman–Crippen MR) is 106 cm³/mol. The number of carbonyl (C=O) groups is 2. The van der Waals surface area contributed by atoms with Crippen LogP contribution in [0, 0.1) is 0 Å². The molecule has 0 radical (unpaired) electrons. The Hall–Kier alpha value is -1.67. The number of hydrogen-bond donors (Lipinski definition) is 0. The topological polar surface area (TPSA) is 68.7 Å². The van der Waals surface area contributed by atoms with Gasteiger partial charge in [-0.25, -0.2) is 9.78 Å². The molecule has 0 bridgehead atoms. The molecule has 0 atom stereocenters. The molecule has 0 saturated heterocycles. The zero-order valence-electron chi connectivity index (χ0n) is 15.0. The second-order valence-corrected chi connectivity index (χ2v) is 7.28. The van der Waals surface area contributed by atoms with Crippen LogP contribution in [0.4, 0.5) is 0 Å². The standard InChI is InChI=1S/C18H20Cl2N2O4S/c1-3-26-8-4-7-22(10-16-21-15(11-27-16)18(24)25-2)17(23)12-5-6-13(19)14(20)9-12/h5-6,9,11H,3-4,7-8,10H2,1-2H3. The Morgan fingerprint density at radius 2 is 2.04 bits per heavy atom. The first-order valence-electron chi connectivity index (χ1n) is 8.31.